The molecule has 3 N–H and O–H groups in total. The molecule has 0 heterocycles. The molecule has 0 aromatic rings. The first-order valence-corrected chi connectivity index (χ1v) is 28.8. The molecule has 2 unspecified atom stereocenters. The normalized spacial score (nSPS) is 14.1. The van der Waals surface area contributed by atoms with Gasteiger partial charge in [-0.2, -0.15) is 0 Å². The van der Waals surface area contributed by atoms with E-state index in [0.717, 1.165) is 116 Å². The van der Waals surface area contributed by atoms with Crippen LogP contribution in [-0.4, -0.2) is 34.9 Å². The van der Waals surface area contributed by atoms with Gasteiger partial charge in [-0.05, 0) is 122 Å². The summed E-state index contributed by atoms with van der Waals surface area (Å²) in [5.41, 5.74) is 0. The summed E-state index contributed by atoms with van der Waals surface area (Å²) in [6, 6.07) is -0.676. The van der Waals surface area contributed by atoms with E-state index >= 15 is 0 Å². The van der Waals surface area contributed by atoms with Crippen LogP contribution in [0.1, 0.15) is 226 Å². The molecule has 0 aliphatic carbocycles. The summed E-state index contributed by atoms with van der Waals surface area (Å²) in [5.74, 6) is -0.123. The second-order valence-corrected chi connectivity index (χ2v) is 18.6. The van der Waals surface area contributed by atoms with Crippen molar-refractivity contribution in [2.24, 2.45) is 0 Å². The summed E-state index contributed by atoms with van der Waals surface area (Å²) in [4.78, 5) is 12.5. The molecule has 0 saturated carbocycles. The van der Waals surface area contributed by atoms with Gasteiger partial charge in [-0.25, -0.2) is 0 Å². The van der Waals surface area contributed by atoms with Gasteiger partial charge in [-0.15, -0.1) is 0 Å². The number of allylic oxidation sites excluding steroid dienone is 27. The topological polar surface area (TPSA) is 69.6 Å². The number of hydrogen-bond acceptors (Lipinski definition) is 3. The molecule has 0 spiro atoms. The largest absolute Gasteiger partial charge is 0.394 e. The molecule has 1 amide bonds. The smallest absolute Gasteiger partial charge is 0.220 e. The summed E-state index contributed by atoms with van der Waals surface area (Å²) in [6.07, 6.45) is 97.9. The average Bonchev–Trinajstić information content (AvgIpc) is 3.37. The zero-order valence-corrected chi connectivity index (χ0v) is 45.7. The minimum atomic E-state index is -0.894. The molecule has 0 rings (SSSR count). The molecule has 0 aromatic heterocycles. The maximum absolute atomic E-state index is 12.5. The number of unbranched alkanes of at least 4 members (excludes halogenated alkanes) is 17. The van der Waals surface area contributed by atoms with Gasteiger partial charge in [0.25, 0.3) is 0 Å². The molecule has 0 fully saturated rings. The van der Waals surface area contributed by atoms with Crippen molar-refractivity contribution in [3.63, 3.8) is 0 Å². The van der Waals surface area contributed by atoms with Crippen LogP contribution in [0.3, 0.4) is 0 Å². The molecule has 2 atom stereocenters. The number of carbonyl (C=O) groups excluding carboxylic acids is 1. The van der Waals surface area contributed by atoms with Gasteiger partial charge in [0.1, 0.15) is 0 Å². The first kappa shape index (κ1) is 66.8. The van der Waals surface area contributed by atoms with Gasteiger partial charge >= 0.3 is 0 Å². The van der Waals surface area contributed by atoms with Crippen molar-refractivity contribution in [1.82, 2.24) is 5.32 Å². The molecule has 71 heavy (non-hydrogen) atoms. The van der Waals surface area contributed by atoms with Crippen LogP contribution in [-0.2, 0) is 4.79 Å². The van der Waals surface area contributed by atoms with Crippen LogP contribution in [0, 0.1) is 0 Å². The van der Waals surface area contributed by atoms with Crippen molar-refractivity contribution in [2.45, 2.75) is 238 Å². The Morgan fingerprint density at radius 2 is 0.634 bits per heavy atom. The van der Waals surface area contributed by atoms with Crippen molar-refractivity contribution in [3.8, 4) is 0 Å². The molecule has 0 saturated heterocycles. The third-order valence-electron chi connectivity index (χ3n) is 11.9. The second-order valence-electron chi connectivity index (χ2n) is 18.6. The molecule has 398 valence electrons. The maximum atomic E-state index is 12.5. The van der Waals surface area contributed by atoms with Crippen LogP contribution in [0.25, 0.3) is 0 Å². The minimum Gasteiger partial charge on any atom is -0.394 e. The highest BCUT2D eigenvalue weighted by molar-refractivity contribution is 5.76. The summed E-state index contributed by atoms with van der Waals surface area (Å²) in [5, 5.41) is 23.1. The monoisotopic (exact) mass is 974 g/mol. The highest BCUT2D eigenvalue weighted by atomic mass is 16.3. The van der Waals surface area contributed by atoms with E-state index < -0.39 is 12.1 Å². The lowest BCUT2D eigenvalue weighted by Gasteiger charge is -2.19. The molecule has 0 aliphatic heterocycles. The van der Waals surface area contributed by atoms with Gasteiger partial charge in [0.05, 0.1) is 18.8 Å². The van der Waals surface area contributed by atoms with Crippen LogP contribution < -0.4 is 5.32 Å². The molecule has 4 heteroatoms. The van der Waals surface area contributed by atoms with Crippen LogP contribution in [0.4, 0.5) is 0 Å². The number of aliphatic hydroxyl groups is 2. The first-order valence-electron chi connectivity index (χ1n) is 28.8. The summed E-state index contributed by atoms with van der Waals surface area (Å²) < 4.78 is 0. The zero-order valence-electron chi connectivity index (χ0n) is 45.7. The predicted molar refractivity (Wildman–Crippen MR) is 317 cm³/mol. The Morgan fingerprint density at radius 3 is 0.986 bits per heavy atom. The Morgan fingerprint density at radius 1 is 0.352 bits per heavy atom. The maximum Gasteiger partial charge on any atom is 0.220 e. The van der Waals surface area contributed by atoms with Crippen LogP contribution >= 0.6 is 0 Å². The van der Waals surface area contributed by atoms with Gasteiger partial charge in [0.2, 0.25) is 5.91 Å². The van der Waals surface area contributed by atoms with Crippen molar-refractivity contribution in [1.29, 1.82) is 0 Å². The van der Waals surface area contributed by atoms with Gasteiger partial charge < -0.3 is 15.5 Å². The Kier molecular flexibility index (Phi) is 56.5. The second kappa shape index (κ2) is 60.1. The lowest BCUT2D eigenvalue weighted by atomic mass is 10.0. The number of nitrogens with one attached hydrogen (secondary N) is 1. The van der Waals surface area contributed by atoms with E-state index in [2.05, 4.69) is 177 Å². The van der Waals surface area contributed by atoms with Crippen molar-refractivity contribution in [2.75, 3.05) is 6.61 Å². The molecular formula is C67H107NO3. The lowest BCUT2D eigenvalue weighted by molar-refractivity contribution is -0.123. The summed E-state index contributed by atoms with van der Waals surface area (Å²) in [6.45, 7) is 4.16. The standard InChI is InChI=1S/C67H107NO3/c1-3-5-7-9-11-13-15-17-19-21-23-25-26-27-28-29-30-31-32-33-34-35-36-37-38-39-40-41-42-43-45-47-49-51-53-55-57-59-61-63-67(71)68-65(64-69)66(70)62-60-58-56-54-52-50-48-46-44-24-22-20-18-16-14-12-10-8-6-4-2/h5,7,11,13,17,19,23,25,27-28,30-31,33-34,36-37,39-40,42-43,47,49,52-55,60,62,65-66,69-70H,3-4,6,8-10,12,14-16,18,20-22,24,26,29,32,35,38,41,44-46,48,50-51,56-59,61,63-64H2,1-2H3,(H,68,71)/b7-5-,13-11-,19-17-,25-23-,28-27-,31-30-,34-33-,37-36-,40-39-,43-42-,49-47-,54-52+,55-53-,62-60+. The van der Waals surface area contributed by atoms with Gasteiger partial charge in [-0.3, -0.25) is 4.79 Å². The summed E-state index contributed by atoms with van der Waals surface area (Å²) in [7, 11) is 0. The number of amides is 1. The van der Waals surface area contributed by atoms with E-state index in [9.17, 15) is 15.0 Å². The third-order valence-corrected chi connectivity index (χ3v) is 11.9. The number of carbonyl (C=O) groups is 1. The quantitative estimate of drug-likeness (QED) is 0.0420. The number of hydrogen-bond donors (Lipinski definition) is 3. The van der Waals surface area contributed by atoms with Gasteiger partial charge in [-0.1, -0.05) is 267 Å². The molecule has 4 nitrogen and oxygen atoms in total. The molecule has 0 aromatic carbocycles. The van der Waals surface area contributed by atoms with E-state index in [1.54, 1.807) is 6.08 Å². The van der Waals surface area contributed by atoms with Crippen molar-refractivity contribution in [3.05, 3.63) is 170 Å². The summed E-state index contributed by atoms with van der Waals surface area (Å²) >= 11 is 0. The Labute approximate surface area is 438 Å². The van der Waals surface area contributed by atoms with Crippen molar-refractivity contribution >= 4 is 5.91 Å². The van der Waals surface area contributed by atoms with E-state index in [-0.39, 0.29) is 12.5 Å². The number of aliphatic hydroxyl groups excluding tert-OH is 2. The fourth-order valence-electron chi connectivity index (χ4n) is 7.59. The van der Waals surface area contributed by atoms with E-state index in [0.29, 0.717) is 6.42 Å². The minimum absolute atomic E-state index is 0.123. The highest BCUT2D eigenvalue weighted by Gasteiger charge is 2.17. The zero-order chi connectivity index (χ0) is 51.3. The Hall–Kier alpha value is -4.25. The van der Waals surface area contributed by atoms with Crippen LogP contribution in [0.2, 0.25) is 0 Å². The molecular weight excluding hydrogens is 867 g/mol. The highest BCUT2D eigenvalue weighted by Crippen LogP contribution is 2.14. The van der Waals surface area contributed by atoms with E-state index in [1.165, 1.54) is 89.9 Å². The van der Waals surface area contributed by atoms with Gasteiger partial charge in [0, 0.05) is 6.42 Å². The Bertz CT molecular complexity index is 1570. The van der Waals surface area contributed by atoms with Crippen LogP contribution in [0.5, 0.6) is 0 Å². The first-order chi connectivity index (χ1) is 35.2. The third kappa shape index (κ3) is 56.5. The molecule has 0 bridgehead atoms. The van der Waals surface area contributed by atoms with E-state index in [1.807, 2.05) is 6.08 Å². The SMILES string of the molecule is CC/C=C\C/C=C\C/C=C\C/C=C\C/C=C\C/C=C\C/C=C\C/C=C\C/C=C\C/C=C\C/C=C\C/C=C\CCCCC(=O)NC(CO)C(O)/C=C/CC/C=C/CCCCCCCCCCCCCCCC. The lowest BCUT2D eigenvalue weighted by Crippen LogP contribution is -2.45. The number of rotatable bonds is 50. The van der Waals surface area contributed by atoms with Crippen LogP contribution in [0.15, 0.2) is 170 Å². The predicted octanol–water partition coefficient (Wildman–Crippen LogP) is 19.5. The molecule has 0 aliphatic rings. The Balaban J connectivity index is 3.76. The average molecular weight is 975 g/mol. The fourth-order valence-corrected chi connectivity index (χ4v) is 7.59. The molecule has 0 radical (unpaired) electrons. The van der Waals surface area contributed by atoms with E-state index in [4.69, 9.17) is 0 Å². The van der Waals surface area contributed by atoms with Crippen molar-refractivity contribution < 1.29 is 15.0 Å². The van der Waals surface area contributed by atoms with Gasteiger partial charge in [0.15, 0.2) is 0 Å². The fraction of sp³-hybridized carbons (Fsp3) is 0.567.